The van der Waals surface area contributed by atoms with E-state index >= 15 is 0 Å². The van der Waals surface area contributed by atoms with Gasteiger partial charge in [0.05, 0.1) is 0 Å². The van der Waals surface area contributed by atoms with Crippen LogP contribution in [0.15, 0.2) is 0 Å². The highest BCUT2D eigenvalue weighted by atomic mass is 15.2. The van der Waals surface area contributed by atoms with Crippen LogP contribution in [0.1, 0.15) is 39.5 Å². The molecule has 2 atom stereocenters. The molecular formula is C11H24N2. The number of hydrogen-bond acceptors (Lipinski definition) is 2. The zero-order chi connectivity index (χ0) is 9.68. The SMILES string of the molecule is CCC(CN)CCN1CCCC1C. The fraction of sp³-hybridized carbons (Fsp3) is 1.00. The molecule has 1 rings (SSSR count). The van der Waals surface area contributed by atoms with Crippen molar-refractivity contribution in [3.8, 4) is 0 Å². The van der Waals surface area contributed by atoms with Crippen LogP contribution < -0.4 is 5.73 Å². The van der Waals surface area contributed by atoms with Crippen LogP contribution in [-0.4, -0.2) is 30.6 Å². The van der Waals surface area contributed by atoms with Gasteiger partial charge in [0, 0.05) is 6.04 Å². The molecule has 78 valence electrons. The van der Waals surface area contributed by atoms with Crippen molar-refractivity contribution in [2.24, 2.45) is 11.7 Å². The average Bonchev–Trinajstić information content (AvgIpc) is 2.54. The van der Waals surface area contributed by atoms with Gasteiger partial charge < -0.3 is 10.6 Å². The summed E-state index contributed by atoms with van der Waals surface area (Å²) in [5.74, 6) is 0.743. The second-order valence-electron chi connectivity index (χ2n) is 4.33. The van der Waals surface area contributed by atoms with E-state index in [0.717, 1.165) is 18.5 Å². The van der Waals surface area contributed by atoms with Gasteiger partial charge in [0.1, 0.15) is 0 Å². The van der Waals surface area contributed by atoms with Crippen LogP contribution in [0.25, 0.3) is 0 Å². The number of hydrogen-bond donors (Lipinski definition) is 1. The van der Waals surface area contributed by atoms with Gasteiger partial charge in [-0.3, -0.25) is 0 Å². The summed E-state index contributed by atoms with van der Waals surface area (Å²) in [6.45, 7) is 8.01. The fourth-order valence-electron chi connectivity index (χ4n) is 2.16. The molecule has 1 saturated heterocycles. The van der Waals surface area contributed by atoms with Gasteiger partial charge in [0.2, 0.25) is 0 Å². The normalized spacial score (nSPS) is 26.5. The molecule has 2 N–H and O–H groups in total. The Labute approximate surface area is 82.5 Å². The van der Waals surface area contributed by atoms with E-state index < -0.39 is 0 Å². The smallest absolute Gasteiger partial charge is 0.00674 e. The zero-order valence-corrected chi connectivity index (χ0v) is 9.13. The molecule has 0 bridgehead atoms. The fourth-order valence-corrected chi connectivity index (χ4v) is 2.16. The first kappa shape index (κ1) is 11.0. The van der Waals surface area contributed by atoms with Gasteiger partial charge in [-0.2, -0.15) is 0 Å². The van der Waals surface area contributed by atoms with Gasteiger partial charge in [-0.25, -0.2) is 0 Å². The minimum Gasteiger partial charge on any atom is -0.330 e. The molecule has 1 heterocycles. The van der Waals surface area contributed by atoms with Crippen molar-refractivity contribution in [1.29, 1.82) is 0 Å². The van der Waals surface area contributed by atoms with Gasteiger partial charge in [0.15, 0.2) is 0 Å². The molecule has 2 nitrogen and oxygen atoms in total. The molecule has 1 aliphatic rings. The van der Waals surface area contributed by atoms with Crippen molar-refractivity contribution in [3.63, 3.8) is 0 Å². The predicted molar refractivity (Wildman–Crippen MR) is 57.7 cm³/mol. The second-order valence-corrected chi connectivity index (χ2v) is 4.33. The summed E-state index contributed by atoms with van der Waals surface area (Å²) >= 11 is 0. The Bertz CT molecular complexity index is 132. The highest BCUT2D eigenvalue weighted by Crippen LogP contribution is 2.18. The minimum absolute atomic E-state index is 0.743. The molecule has 0 amide bonds. The first-order valence-corrected chi connectivity index (χ1v) is 5.72. The van der Waals surface area contributed by atoms with Crippen molar-refractivity contribution in [2.45, 2.75) is 45.6 Å². The summed E-state index contributed by atoms with van der Waals surface area (Å²) in [4.78, 5) is 2.61. The van der Waals surface area contributed by atoms with Crippen molar-refractivity contribution in [1.82, 2.24) is 4.90 Å². The topological polar surface area (TPSA) is 29.3 Å². The average molecular weight is 184 g/mol. The number of rotatable bonds is 5. The zero-order valence-electron chi connectivity index (χ0n) is 9.13. The summed E-state index contributed by atoms with van der Waals surface area (Å²) in [5, 5.41) is 0. The molecule has 0 spiro atoms. The van der Waals surface area contributed by atoms with Crippen molar-refractivity contribution in [2.75, 3.05) is 19.6 Å². The molecule has 0 radical (unpaired) electrons. The van der Waals surface area contributed by atoms with Crippen LogP contribution in [-0.2, 0) is 0 Å². The van der Waals surface area contributed by atoms with Gasteiger partial charge in [0.25, 0.3) is 0 Å². The van der Waals surface area contributed by atoms with Crippen LogP contribution in [0.3, 0.4) is 0 Å². The van der Waals surface area contributed by atoms with E-state index in [1.165, 1.54) is 38.8 Å². The molecule has 0 aromatic rings. The summed E-state index contributed by atoms with van der Waals surface area (Å²) in [5.41, 5.74) is 5.68. The lowest BCUT2D eigenvalue weighted by atomic mass is 10.0. The van der Waals surface area contributed by atoms with Crippen LogP contribution in [0.5, 0.6) is 0 Å². The van der Waals surface area contributed by atoms with Crippen LogP contribution in [0, 0.1) is 5.92 Å². The Balaban J connectivity index is 2.17. The molecule has 1 aliphatic heterocycles. The molecule has 2 unspecified atom stereocenters. The summed E-state index contributed by atoms with van der Waals surface area (Å²) in [7, 11) is 0. The van der Waals surface area contributed by atoms with Crippen LogP contribution >= 0.6 is 0 Å². The van der Waals surface area contributed by atoms with Gasteiger partial charge >= 0.3 is 0 Å². The lowest BCUT2D eigenvalue weighted by Crippen LogP contribution is -2.30. The first-order valence-electron chi connectivity index (χ1n) is 5.72. The lowest BCUT2D eigenvalue weighted by molar-refractivity contribution is 0.245. The molecule has 0 aliphatic carbocycles. The minimum atomic E-state index is 0.743. The van der Waals surface area contributed by atoms with E-state index in [1.54, 1.807) is 0 Å². The van der Waals surface area contributed by atoms with Crippen LogP contribution in [0.4, 0.5) is 0 Å². The highest BCUT2D eigenvalue weighted by Gasteiger charge is 2.20. The lowest BCUT2D eigenvalue weighted by Gasteiger charge is -2.23. The van der Waals surface area contributed by atoms with Crippen molar-refractivity contribution >= 4 is 0 Å². The number of nitrogens with zero attached hydrogens (tertiary/aromatic N) is 1. The maximum atomic E-state index is 5.68. The second kappa shape index (κ2) is 5.61. The Kier molecular flexibility index (Phi) is 4.74. The predicted octanol–water partition coefficient (Wildman–Crippen LogP) is 1.85. The van der Waals surface area contributed by atoms with E-state index in [1.807, 2.05) is 0 Å². The summed E-state index contributed by atoms with van der Waals surface area (Å²) in [6.07, 6.45) is 5.30. The van der Waals surface area contributed by atoms with Gasteiger partial charge in [-0.1, -0.05) is 13.3 Å². The maximum Gasteiger partial charge on any atom is 0.00674 e. The van der Waals surface area contributed by atoms with Crippen molar-refractivity contribution in [3.05, 3.63) is 0 Å². The largest absolute Gasteiger partial charge is 0.330 e. The monoisotopic (exact) mass is 184 g/mol. The Morgan fingerprint density at radius 2 is 2.31 bits per heavy atom. The molecule has 13 heavy (non-hydrogen) atoms. The van der Waals surface area contributed by atoms with E-state index in [0.29, 0.717) is 0 Å². The van der Waals surface area contributed by atoms with E-state index in [-0.39, 0.29) is 0 Å². The maximum absolute atomic E-state index is 5.68. The third-order valence-electron chi connectivity index (χ3n) is 3.43. The van der Waals surface area contributed by atoms with Gasteiger partial charge in [-0.15, -0.1) is 0 Å². The van der Waals surface area contributed by atoms with Gasteiger partial charge in [-0.05, 0) is 51.7 Å². The van der Waals surface area contributed by atoms with Crippen LogP contribution in [0.2, 0.25) is 0 Å². The summed E-state index contributed by atoms with van der Waals surface area (Å²) in [6, 6.07) is 0.815. The quantitative estimate of drug-likeness (QED) is 0.706. The van der Waals surface area contributed by atoms with Crippen molar-refractivity contribution < 1.29 is 0 Å². The highest BCUT2D eigenvalue weighted by molar-refractivity contribution is 4.75. The molecule has 0 saturated carbocycles. The Morgan fingerprint density at radius 1 is 1.54 bits per heavy atom. The molecule has 2 heteroatoms. The number of nitrogens with two attached hydrogens (primary N) is 1. The molecule has 1 fully saturated rings. The van der Waals surface area contributed by atoms with E-state index in [2.05, 4.69) is 18.7 Å². The third kappa shape index (κ3) is 3.28. The third-order valence-corrected chi connectivity index (χ3v) is 3.43. The summed E-state index contributed by atoms with van der Waals surface area (Å²) < 4.78 is 0. The number of likely N-dealkylation sites (tertiary alicyclic amines) is 1. The van der Waals surface area contributed by atoms with E-state index in [4.69, 9.17) is 5.73 Å². The molecule has 0 aromatic heterocycles. The van der Waals surface area contributed by atoms with E-state index in [9.17, 15) is 0 Å². The Morgan fingerprint density at radius 3 is 2.77 bits per heavy atom. The molecule has 0 aromatic carbocycles. The Hall–Kier alpha value is -0.0800. The first-order chi connectivity index (χ1) is 6.27. The standard InChI is InChI=1S/C11H24N2/c1-3-11(9-12)6-8-13-7-4-5-10(13)2/h10-11H,3-9,12H2,1-2H3. The molecular weight excluding hydrogens is 160 g/mol.